The van der Waals surface area contributed by atoms with Gasteiger partial charge in [0, 0.05) is 33.3 Å². The van der Waals surface area contributed by atoms with Gasteiger partial charge in [0.05, 0.1) is 23.8 Å². The fraction of sp³-hybridized carbons (Fsp3) is 0.552. The van der Waals surface area contributed by atoms with Gasteiger partial charge in [-0.2, -0.15) is 0 Å². The van der Waals surface area contributed by atoms with E-state index in [1.54, 1.807) is 60.7 Å². The summed E-state index contributed by atoms with van der Waals surface area (Å²) < 4.78 is 41.7. The highest BCUT2D eigenvalue weighted by molar-refractivity contribution is 5.90. The quantitative estimate of drug-likeness (QED) is 0.0340. The molecule has 0 radical (unpaired) electrons. The van der Waals surface area contributed by atoms with Gasteiger partial charge in [-0.15, -0.1) is 0 Å². The van der Waals surface area contributed by atoms with Crippen LogP contribution in [0.4, 0.5) is 0 Å². The van der Waals surface area contributed by atoms with E-state index in [4.69, 9.17) is 33.2 Å². The van der Waals surface area contributed by atoms with Crippen LogP contribution < -0.4 is 5.32 Å². The molecule has 72 heavy (non-hydrogen) atoms. The van der Waals surface area contributed by atoms with Crippen LogP contribution >= 0.6 is 0 Å². The molecule has 14 heteroatoms. The molecule has 1 heterocycles. The number of carbonyl (C=O) groups excluding carboxylic acids is 6. The maximum absolute atomic E-state index is 14.2. The smallest absolute Gasteiger partial charge is 0.338 e. The third kappa shape index (κ3) is 22.7. The van der Waals surface area contributed by atoms with Crippen LogP contribution in [0.15, 0.2) is 103 Å². The van der Waals surface area contributed by atoms with Crippen molar-refractivity contribution < 1.29 is 61.9 Å². The van der Waals surface area contributed by atoms with Crippen molar-refractivity contribution in [3.8, 4) is 0 Å². The van der Waals surface area contributed by atoms with Crippen LogP contribution in [0.3, 0.4) is 0 Å². The van der Waals surface area contributed by atoms with Crippen molar-refractivity contribution in [2.75, 3.05) is 13.2 Å². The second-order valence-corrected chi connectivity index (χ2v) is 18.7. The third-order valence-electron chi connectivity index (χ3n) is 12.5. The fourth-order valence-corrected chi connectivity index (χ4v) is 8.67. The lowest BCUT2D eigenvalue weighted by molar-refractivity contribution is -0.234. The van der Waals surface area contributed by atoms with Crippen molar-refractivity contribution in [1.29, 1.82) is 0 Å². The van der Waals surface area contributed by atoms with Crippen molar-refractivity contribution in [2.45, 2.75) is 187 Å². The van der Waals surface area contributed by atoms with Crippen LogP contribution in [0.25, 0.3) is 0 Å². The zero-order valence-corrected chi connectivity index (χ0v) is 43.2. The minimum atomic E-state index is -1.41. The van der Waals surface area contributed by atoms with Gasteiger partial charge in [0.25, 0.3) is 0 Å². The lowest BCUT2D eigenvalue weighted by atomic mass is 9.89. The van der Waals surface area contributed by atoms with Gasteiger partial charge in [0.2, 0.25) is 5.91 Å². The van der Waals surface area contributed by atoms with E-state index in [-0.39, 0.29) is 35.8 Å². The summed E-state index contributed by atoms with van der Waals surface area (Å²) in [6, 6.07) is 26.1. The second-order valence-electron chi connectivity index (χ2n) is 18.7. The van der Waals surface area contributed by atoms with Gasteiger partial charge in [0.1, 0.15) is 18.5 Å². The number of ether oxygens (including phenoxy) is 7. The van der Waals surface area contributed by atoms with Gasteiger partial charge in [0.15, 0.2) is 24.6 Å². The molecule has 0 aromatic heterocycles. The standard InChI is InChI=1S/C58H79NO13/c1-6-7-8-9-10-11-12-13-15-21-30-42(2)54(71-56(64)47-34-25-19-26-35-47)55(72-57(65)48-36-27-20-28-37-48)49(59-53(63)38-29-17-14-16-22-31-46-32-23-18-24-33-46)40-67-58-51(69-45(5)62)39-50(68-44(4)61)52(70-58)41-66-43(3)60/h18-20,23-28,32-37,39,42,49,51-52,54-55,58H,6-17,21-22,29-31,38,40-41H2,1-5H3,(H,59,63)/t42?,49-,51?,52?,54+,55-,58?/m0/s1. The van der Waals surface area contributed by atoms with Gasteiger partial charge in [-0.05, 0) is 61.4 Å². The number of carbonyl (C=O) groups is 6. The maximum Gasteiger partial charge on any atom is 0.338 e. The van der Waals surface area contributed by atoms with Crippen molar-refractivity contribution >= 4 is 35.8 Å². The molecule has 0 saturated carbocycles. The monoisotopic (exact) mass is 998 g/mol. The Morgan fingerprint density at radius 3 is 1.69 bits per heavy atom. The average molecular weight is 998 g/mol. The average Bonchev–Trinajstić information content (AvgIpc) is 3.36. The first-order valence-corrected chi connectivity index (χ1v) is 26.2. The van der Waals surface area contributed by atoms with E-state index in [0.717, 1.165) is 57.8 Å². The molecule has 4 unspecified atom stereocenters. The van der Waals surface area contributed by atoms with Gasteiger partial charge in [-0.25, -0.2) is 9.59 Å². The number of hydrogen-bond acceptors (Lipinski definition) is 13. The molecule has 3 aromatic carbocycles. The molecule has 0 saturated heterocycles. The number of amides is 1. The van der Waals surface area contributed by atoms with Crippen LogP contribution in [-0.4, -0.2) is 85.7 Å². The topological polar surface area (TPSA) is 179 Å². The first-order chi connectivity index (χ1) is 34.8. The molecule has 394 valence electrons. The molecule has 1 aliphatic heterocycles. The normalized spacial score (nSPS) is 17.0. The lowest BCUT2D eigenvalue weighted by Gasteiger charge is -2.38. The molecule has 14 nitrogen and oxygen atoms in total. The molecule has 1 amide bonds. The molecule has 1 aliphatic rings. The number of hydrogen-bond donors (Lipinski definition) is 1. The summed E-state index contributed by atoms with van der Waals surface area (Å²) in [4.78, 5) is 79.1. The van der Waals surface area contributed by atoms with Crippen LogP contribution in [0.1, 0.15) is 170 Å². The number of esters is 5. The number of nitrogens with one attached hydrogen (secondary N) is 1. The van der Waals surface area contributed by atoms with Gasteiger partial charge < -0.3 is 38.5 Å². The van der Waals surface area contributed by atoms with E-state index in [1.807, 2.05) is 25.1 Å². The Balaban J connectivity index is 1.67. The van der Waals surface area contributed by atoms with Gasteiger partial charge in [-0.3, -0.25) is 19.2 Å². The van der Waals surface area contributed by atoms with E-state index in [1.165, 1.54) is 70.9 Å². The van der Waals surface area contributed by atoms with Gasteiger partial charge >= 0.3 is 29.8 Å². The number of benzene rings is 3. The zero-order valence-electron chi connectivity index (χ0n) is 43.2. The molecule has 3 aromatic rings. The molecule has 0 spiro atoms. The van der Waals surface area contributed by atoms with Crippen LogP contribution in [0, 0.1) is 5.92 Å². The number of unbranched alkanes of at least 4 members (excludes halogenated alkanes) is 13. The Morgan fingerprint density at radius 1 is 0.611 bits per heavy atom. The SMILES string of the molecule is CCCCCCCCCCCCC(C)[C@@H](OC(=O)c1ccccc1)[C@@H](OC(=O)c1ccccc1)[C@H](COC1OC(COC(C)=O)C(OC(C)=O)=CC1OC(C)=O)NC(=O)CCCCCCCc1ccccc1. The summed E-state index contributed by atoms with van der Waals surface area (Å²) in [6.45, 7) is 6.95. The van der Waals surface area contributed by atoms with Crippen molar-refractivity contribution in [3.05, 3.63) is 120 Å². The highest BCUT2D eigenvalue weighted by Crippen LogP contribution is 2.29. The van der Waals surface area contributed by atoms with E-state index in [2.05, 4.69) is 24.4 Å². The molecule has 4 rings (SSSR count). The van der Waals surface area contributed by atoms with Crippen LogP contribution in [-0.2, 0) is 58.8 Å². The largest absolute Gasteiger partial charge is 0.463 e. The molecule has 1 N–H and O–H groups in total. The van der Waals surface area contributed by atoms with Crippen molar-refractivity contribution in [3.63, 3.8) is 0 Å². The Kier molecular flexibility index (Phi) is 27.5. The highest BCUT2D eigenvalue weighted by atomic mass is 16.7. The fourth-order valence-electron chi connectivity index (χ4n) is 8.67. The summed E-state index contributed by atoms with van der Waals surface area (Å²) >= 11 is 0. The maximum atomic E-state index is 14.2. The van der Waals surface area contributed by atoms with E-state index in [9.17, 15) is 28.8 Å². The molecule has 0 fully saturated rings. The van der Waals surface area contributed by atoms with Crippen LogP contribution in [0.2, 0.25) is 0 Å². The molecule has 7 atom stereocenters. The van der Waals surface area contributed by atoms with E-state index >= 15 is 0 Å². The predicted octanol–water partition coefficient (Wildman–Crippen LogP) is 11.1. The molecule has 0 aliphatic carbocycles. The summed E-state index contributed by atoms with van der Waals surface area (Å²) in [5.41, 5.74) is 1.81. The van der Waals surface area contributed by atoms with Crippen molar-refractivity contribution in [1.82, 2.24) is 5.32 Å². The molecular formula is C58H79NO13. The molecular weight excluding hydrogens is 919 g/mol. The summed E-state index contributed by atoms with van der Waals surface area (Å²) in [5.74, 6) is -4.19. The Labute approximate surface area is 427 Å². The number of aryl methyl sites for hydroxylation is 1. The minimum Gasteiger partial charge on any atom is -0.463 e. The lowest BCUT2D eigenvalue weighted by Crippen LogP contribution is -2.56. The summed E-state index contributed by atoms with van der Waals surface area (Å²) in [7, 11) is 0. The number of rotatable bonds is 34. The van der Waals surface area contributed by atoms with Crippen LogP contribution in [0.5, 0.6) is 0 Å². The zero-order chi connectivity index (χ0) is 51.9. The summed E-state index contributed by atoms with van der Waals surface area (Å²) in [6.07, 6.45) is 12.5. The van der Waals surface area contributed by atoms with Crippen molar-refractivity contribution in [2.24, 2.45) is 5.92 Å². The Bertz CT molecular complexity index is 2100. The highest BCUT2D eigenvalue weighted by Gasteiger charge is 2.43. The minimum absolute atomic E-state index is 0.0666. The third-order valence-corrected chi connectivity index (χ3v) is 12.5. The summed E-state index contributed by atoms with van der Waals surface area (Å²) in [5, 5.41) is 3.09. The van der Waals surface area contributed by atoms with Gasteiger partial charge in [-0.1, -0.05) is 164 Å². The Morgan fingerprint density at radius 2 is 1.14 bits per heavy atom. The first kappa shape index (κ1) is 58.7. The van der Waals surface area contributed by atoms with E-state index < -0.39 is 79.1 Å². The first-order valence-electron chi connectivity index (χ1n) is 26.2. The second kappa shape index (κ2) is 33.7. The predicted molar refractivity (Wildman–Crippen MR) is 273 cm³/mol. The molecule has 0 bridgehead atoms. The van der Waals surface area contributed by atoms with E-state index in [0.29, 0.717) is 12.8 Å². The Hall–Kier alpha value is -5.86.